The highest BCUT2D eigenvalue weighted by atomic mass is 14.7. The summed E-state index contributed by atoms with van der Waals surface area (Å²) in [5, 5.41) is 4.36. The topological polar surface area (TPSA) is 51.6 Å². The van der Waals surface area contributed by atoms with Crippen molar-refractivity contribution in [2.24, 2.45) is 0 Å². The van der Waals surface area contributed by atoms with Gasteiger partial charge >= 0.3 is 0 Å². The fraction of sp³-hybridized carbons (Fsp3) is 0. The maximum absolute atomic E-state index is 4.67. The van der Waals surface area contributed by atoms with E-state index in [2.05, 4.69) is 80.6 Å². The summed E-state index contributed by atoms with van der Waals surface area (Å²) in [6, 6.07) is 29.5. The van der Waals surface area contributed by atoms with Crippen LogP contribution in [0.4, 0.5) is 0 Å². The van der Waals surface area contributed by atoms with Crippen LogP contribution < -0.4 is 0 Å². The molecule has 0 spiro atoms. The molecule has 4 aromatic heterocycles. The Kier molecular flexibility index (Phi) is 4.11. The highest BCUT2D eigenvalue weighted by molar-refractivity contribution is 6.12. The van der Waals surface area contributed by atoms with E-state index in [1.807, 2.05) is 49.1 Å². The van der Waals surface area contributed by atoms with Gasteiger partial charge in [-0.05, 0) is 64.7 Å². The molecule has 0 bridgehead atoms. The van der Waals surface area contributed by atoms with Crippen LogP contribution >= 0.6 is 0 Å². The molecular weight excluding hydrogens is 416 g/mol. The smallest absolute Gasteiger partial charge is 0.0970 e. The molecule has 0 N–H and O–H groups in total. The van der Waals surface area contributed by atoms with E-state index in [9.17, 15) is 0 Å². The lowest BCUT2D eigenvalue weighted by Crippen LogP contribution is -1.91. The Balaban J connectivity index is 1.51. The fourth-order valence-electron chi connectivity index (χ4n) is 4.89. The summed E-state index contributed by atoms with van der Waals surface area (Å²) in [6.07, 6.45) is 7.31. The van der Waals surface area contributed by atoms with Crippen molar-refractivity contribution in [3.63, 3.8) is 0 Å². The van der Waals surface area contributed by atoms with Crippen LogP contribution in [0.15, 0.2) is 110 Å². The van der Waals surface area contributed by atoms with E-state index in [1.165, 1.54) is 0 Å². The summed E-state index contributed by atoms with van der Waals surface area (Å²) >= 11 is 0. The zero-order chi connectivity index (χ0) is 22.5. The Morgan fingerprint density at radius 2 is 0.824 bits per heavy atom. The fourth-order valence-corrected chi connectivity index (χ4v) is 4.89. The molecule has 7 rings (SSSR count). The Morgan fingerprint density at radius 3 is 1.32 bits per heavy atom. The summed E-state index contributed by atoms with van der Waals surface area (Å²) in [4.78, 5) is 18.5. The summed E-state index contributed by atoms with van der Waals surface area (Å²) < 4.78 is 0. The second kappa shape index (κ2) is 7.42. The summed E-state index contributed by atoms with van der Waals surface area (Å²) in [7, 11) is 0. The number of nitrogens with zero attached hydrogens (tertiary/aromatic N) is 4. The van der Waals surface area contributed by atoms with Gasteiger partial charge in [-0.25, -0.2) is 0 Å². The van der Waals surface area contributed by atoms with E-state index in [0.717, 1.165) is 65.9 Å². The van der Waals surface area contributed by atoms with Crippen molar-refractivity contribution in [2.45, 2.75) is 0 Å². The van der Waals surface area contributed by atoms with E-state index in [4.69, 9.17) is 0 Å². The molecule has 3 aromatic carbocycles. The average molecular weight is 435 g/mol. The molecule has 0 amide bonds. The van der Waals surface area contributed by atoms with Crippen LogP contribution in [0, 0.1) is 0 Å². The van der Waals surface area contributed by atoms with Gasteiger partial charge in [-0.2, -0.15) is 0 Å². The van der Waals surface area contributed by atoms with E-state index < -0.39 is 0 Å². The molecular formula is C30H18N4. The monoisotopic (exact) mass is 434 g/mol. The molecule has 0 saturated carbocycles. The van der Waals surface area contributed by atoms with Crippen molar-refractivity contribution < 1.29 is 0 Å². The van der Waals surface area contributed by atoms with Crippen molar-refractivity contribution in [3.05, 3.63) is 110 Å². The minimum absolute atomic E-state index is 0.924. The summed E-state index contributed by atoms with van der Waals surface area (Å²) in [6.45, 7) is 0. The third-order valence-electron chi connectivity index (χ3n) is 6.41. The van der Waals surface area contributed by atoms with Crippen molar-refractivity contribution in [1.29, 1.82) is 0 Å². The Labute approximate surface area is 195 Å². The van der Waals surface area contributed by atoms with Crippen LogP contribution in [0.2, 0.25) is 0 Å². The third-order valence-corrected chi connectivity index (χ3v) is 6.41. The van der Waals surface area contributed by atoms with Crippen molar-refractivity contribution in [1.82, 2.24) is 19.9 Å². The maximum Gasteiger partial charge on any atom is 0.0970 e. The number of benzene rings is 3. The number of pyridine rings is 4. The lowest BCUT2D eigenvalue weighted by molar-refractivity contribution is 1.37. The first kappa shape index (κ1) is 18.8. The SMILES string of the molecule is c1cc(-c2cc3cccnc3c3ncccc23)cc(-c2cc3cccnc3c3ncccc23)c1. The van der Waals surface area contributed by atoms with Gasteiger partial charge in [-0.1, -0.05) is 42.5 Å². The number of aromatic nitrogens is 4. The first-order valence-electron chi connectivity index (χ1n) is 11.2. The third kappa shape index (κ3) is 2.86. The summed E-state index contributed by atoms with van der Waals surface area (Å²) in [5.41, 5.74) is 8.29. The normalized spacial score (nSPS) is 11.5. The van der Waals surface area contributed by atoms with Crippen molar-refractivity contribution in [3.8, 4) is 22.3 Å². The van der Waals surface area contributed by atoms with E-state index in [0.29, 0.717) is 0 Å². The Bertz CT molecular complexity index is 1740. The van der Waals surface area contributed by atoms with Crippen LogP contribution in [-0.4, -0.2) is 19.9 Å². The molecule has 4 heteroatoms. The molecule has 4 heterocycles. The van der Waals surface area contributed by atoms with Crippen LogP contribution in [0.5, 0.6) is 0 Å². The van der Waals surface area contributed by atoms with E-state index >= 15 is 0 Å². The van der Waals surface area contributed by atoms with Gasteiger partial charge < -0.3 is 0 Å². The van der Waals surface area contributed by atoms with Gasteiger partial charge in [0.2, 0.25) is 0 Å². The van der Waals surface area contributed by atoms with E-state index in [-0.39, 0.29) is 0 Å². The molecule has 34 heavy (non-hydrogen) atoms. The zero-order valence-corrected chi connectivity index (χ0v) is 18.2. The molecule has 4 nitrogen and oxygen atoms in total. The first-order valence-corrected chi connectivity index (χ1v) is 11.2. The van der Waals surface area contributed by atoms with Gasteiger partial charge in [-0.3, -0.25) is 19.9 Å². The first-order chi connectivity index (χ1) is 16.9. The highest BCUT2D eigenvalue weighted by Gasteiger charge is 2.13. The quantitative estimate of drug-likeness (QED) is 0.270. The van der Waals surface area contributed by atoms with Crippen molar-refractivity contribution in [2.75, 3.05) is 0 Å². The van der Waals surface area contributed by atoms with Gasteiger partial charge in [0.25, 0.3) is 0 Å². The largest absolute Gasteiger partial charge is 0.254 e. The second-order valence-corrected chi connectivity index (χ2v) is 8.38. The minimum atomic E-state index is 0.924. The minimum Gasteiger partial charge on any atom is -0.254 e. The molecule has 0 radical (unpaired) electrons. The predicted molar refractivity (Wildman–Crippen MR) is 139 cm³/mol. The Morgan fingerprint density at radius 1 is 0.382 bits per heavy atom. The maximum atomic E-state index is 4.67. The van der Waals surface area contributed by atoms with Crippen molar-refractivity contribution >= 4 is 43.6 Å². The number of rotatable bonds is 2. The van der Waals surface area contributed by atoms with Crippen LogP contribution in [-0.2, 0) is 0 Å². The summed E-state index contributed by atoms with van der Waals surface area (Å²) in [5.74, 6) is 0. The van der Waals surface area contributed by atoms with Crippen LogP contribution in [0.1, 0.15) is 0 Å². The van der Waals surface area contributed by atoms with Gasteiger partial charge in [-0.15, -0.1) is 0 Å². The van der Waals surface area contributed by atoms with Gasteiger partial charge in [0.05, 0.1) is 22.1 Å². The standard InChI is InChI=1S/C30H18N4/c1-6-19(25-17-21-8-2-12-31-27(21)29-23(25)10-4-14-33-29)16-20(7-1)26-18-22-9-3-13-32-28(22)30-24(26)11-5-15-34-30/h1-18H. The predicted octanol–water partition coefficient (Wildman–Crippen LogP) is 7.21. The molecule has 158 valence electrons. The number of hydrogen-bond donors (Lipinski definition) is 0. The number of fused-ring (bicyclic) bond motifs is 6. The average Bonchev–Trinajstić information content (AvgIpc) is 2.92. The molecule has 0 aliphatic heterocycles. The van der Waals surface area contributed by atoms with Gasteiger partial charge in [0, 0.05) is 46.3 Å². The lowest BCUT2D eigenvalue weighted by Gasteiger charge is -2.13. The molecule has 0 unspecified atom stereocenters. The molecule has 0 aliphatic carbocycles. The van der Waals surface area contributed by atoms with E-state index in [1.54, 1.807) is 0 Å². The number of hydrogen-bond acceptors (Lipinski definition) is 4. The van der Waals surface area contributed by atoms with Crippen LogP contribution in [0.3, 0.4) is 0 Å². The van der Waals surface area contributed by atoms with Gasteiger partial charge in [0.1, 0.15) is 0 Å². The lowest BCUT2D eigenvalue weighted by atomic mass is 9.93. The molecule has 7 aromatic rings. The Hall–Kier alpha value is -4.70. The van der Waals surface area contributed by atoms with Crippen LogP contribution in [0.25, 0.3) is 65.9 Å². The van der Waals surface area contributed by atoms with Gasteiger partial charge in [0.15, 0.2) is 0 Å². The molecule has 0 aliphatic rings. The highest BCUT2D eigenvalue weighted by Crippen LogP contribution is 2.37. The zero-order valence-electron chi connectivity index (χ0n) is 18.2. The molecule has 0 atom stereocenters. The molecule has 0 saturated heterocycles. The second-order valence-electron chi connectivity index (χ2n) is 8.38. The molecule has 0 fully saturated rings.